The lowest BCUT2D eigenvalue weighted by Gasteiger charge is -2.22. The maximum atomic E-state index is 13.0. The van der Waals surface area contributed by atoms with Crippen LogP contribution in [0.15, 0.2) is 30.9 Å². The maximum absolute atomic E-state index is 13.0. The number of halogens is 4. The minimum atomic E-state index is -4.64. The second-order valence-electron chi connectivity index (χ2n) is 8.82. The van der Waals surface area contributed by atoms with Gasteiger partial charge in [0.05, 0.1) is 16.9 Å². The van der Waals surface area contributed by atoms with Crippen LogP contribution in [0.25, 0.3) is 11.2 Å². The van der Waals surface area contributed by atoms with Crippen LogP contribution in [0.1, 0.15) is 18.2 Å². The van der Waals surface area contributed by atoms with Crippen molar-refractivity contribution < 1.29 is 32.9 Å². The lowest BCUT2D eigenvalue weighted by molar-refractivity contribution is -0.137. The quantitative estimate of drug-likeness (QED) is 0.259. The minimum Gasteiger partial charge on any atom is -0.387 e. The number of nitrogens with one attached hydrogen (secondary N) is 2. The number of benzene rings is 1. The van der Waals surface area contributed by atoms with E-state index in [-0.39, 0.29) is 24.6 Å². The lowest BCUT2D eigenvalue weighted by atomic mass is 10.1. The van der Waals surface area contributed by atoms with E-state index in [9.17, 15) is 28.2 Å². The summed E-state index contributed by atoms with van der Waals surface area (Å²) in [7, 11) is 1.78. The summed E-state index contributed by atoms with van der Waals surface area (Å²) in [6.07, 6.45) is -5.54. The molecule has 12 nitrogen and oxygen atoms in total. The molecule has 0 spiro atoms. The number of fused-ring (bicyclic) bond motifs is 1. The molecule has 4 rings (SSSR count). The van der Waals surface area contributed by atoms with Gasteiger partial charge in [0.1, 0.15) is 30.2 Å². The van der Waals surface area contributed by atoms with Crippen molar-refractivity contribution in [1.82, 2.24) is 29.7 Å². The van der Waals surface area contributed by atoms with Crippen LogP contribution in [0, 0.1) is 0 Å². The number of nitrogens with two attached hydrogens (primary N) is 1. The number of hydrogen-bond acceptors (Lipinski definition) is 9. The van der Waals surface area contributed by atoms with Gasteiger partial charge in [-0.25, -0.2) is 19.7 Å². The third kappa shape index (κ3) is 6.07. The van der Waals surface area contributed by atoms with Gasteiger partial charge in [-0.1, -0.05) is 11.6 Å². The number of imidazole rings is 1. The number of carbonyl (C=O) groups is 1. The Kier molecular flexibility index (Phi) is 8.22. The van der Waals surface area contributed by atoms with Crippen LogP contribution in [-0.2, 0) is 10.9 Å². The predicted octanol–water partition coefficient (Wildman–Crippen LogP) is 1.84. The van der Waals surface area contributed by atoms with Gasteiger partial charge in [0.15, 0.2) is 17.7 Å². The molecule has 206 valence electrons. The molecule has 4 atom stereocenters. The van der Waals surface area contributed by atoms with Crippen molar-refractivity contribution in [3.63, 3.8) is 0 Å². The number of alkyl halides is 3. The molecular weight excluding hydrogens is 533 g/mol. The van der Waals surface area contributed by atoms with E-state index in [4.69, 9.17) is 22.1 Å². The van der Waals surface area contributed by atoms with Crippen LogP contribution in [0.2, 0.25) is 5.02 Å². The first-order valence-corrected chi connectivity index (χ1v) is 11.9. The van der Waals surface area contributed by atoms with Gasteiger partial charge in [-0.2, -0.15) is 13.2 Å². The van der Waals surface area contributed by atoms with Crippen molar-refractivity contribution in [2.75, 3.05) is 37.7 Å². The van der Waals surface area contributed by atoms with Crippen LogP contribution >= 0.6 is 11.6 Å². The number of anilines is 2. The fourth-order valence-electron chi connectivity index (χ4n) is 4.11. The normalized spacial score (nSPS) is 21.8. The Balaban J connectivity index is 1.23. The van der Waals surface area contributed by atoms with Gasteiger partial charge in [0, 0.05) is 18.8 Å². The number of likely N-dealkylation sites (N-methyl/N-ethyl adjacent to an activating group) is 1. The number of ether oxygens (including phenoxy) is 1. The fourth-order valence-corrected chi connectivity index (χ4v) is 4.34. The van der Waals surface area contributed by atoms with Gasteiger partial charge >= 0.3 is 12.2 Å². The minimum absolute atomic E-state index is 0.0448. The SMILES string of the molecule is CN(CCCNC(=O)Nc1ccc(Cl)c(C(F)(F)F)c1)C[C@H]1O[C@@H](n2cnc3c(N)ncnc32)[C@H](O)[C@H]1O. The number of carbonyl (C=O) groups excluding carboxylic acids is 1. The van der Waals surface area contributed by atoms with Gasteiger partial charge in [0.2, 0.25) is 0 Å². The lowest BCUT2D eigenvalue weighted by Crippen LogP contribution is -2.39. The standard InChI is InChI=1S/C22H26ClF3N8O4/c1-33(6-2-5-28-21(37)32-11-3-4-13(23)12(7-11)22(24,25)26)8-14-16(35)17(36)20(38-14)34-10-31-15-18(27)29-9-30-19(15)34/h3-4,7,9-10,14,16-17,20,35-36H,2,5-6,8H2,1H3,(H2,27,29,30)(H2,28,32,37)/t14-,16+,17-,20-/m1/s1. The predicted molar refractivity (Wildman–Crippen MR) is 131 cm³/mol. The van der Waals surface area contributed by atoms with E-state index in [2.05, 4.69) is 25.6 Å². The van der Waals surface area contributed by atoms with Crippen LogP contribution in [-0.4, -0.2) is 85.7 Å². The van der Waals surface area contributed by atoms with Crippen molar-refractivity contribution in [1.29, 1.82) is 0 Å². The molecule has 6 N–H and O–H groups in total. The van der Waals surface area contributed by atoms with E-state index < -0.39 is 47.3 Å². The molecule has 0 radical (unpaired) electrons. The van der Waals surface area contributed by atoms with E-state index >= 15 is 0 Å². The van der Waals surface area contributed by atoms with E-state index in [1.165, 1.54) is 23.3 Å². The Labute approximate surface area is 219 Å². The summed E-state index contributed by atoms with van der Waals surface area (Å²) in [5, 5.41) is 25.6. The monoisotopic (exact) mass is 558 g/mol. The van der Waals surface area contributed by atoms with Gasteiger partial charge in [0.25, 0.3) is 0 Å². The summed E-state index contributed by atoms with van der Waals surface area (Å²) >= 11 is 5.58. The second kappa shape index (κ2) is 11.2. The van der Waals surface area contributed by atoms with Crippen molar-refractivity contribution in [3.05, 3.63) is 41.4 Å². The smallest absolute Gasteiger partial charge is 0.387 e. The molecule has 0 unspecified atom stereocenters. The molecule has 38 heavy (non-hydrogen) atoms. The highest BCUT2D eigenvalue weighted by molar-refractivity contribution is 6.31. The molecule has 1 saturated heterocycles. The molecule has 2 aromatic heterocycles. The zero-order valence-electron chi connectivity index (χ0n) is 20.1. The first-order valence-electron chi connectivity index (χ1n) is 11.5. The molecule has 1 aromatic carbocycles. The Bertz CT molecular complexity index is 1290. The van der Waals surface area contributed by atoms with E-state index in [1.807, 2.05) is 4.90 Å². The summed E-state index contributed by atoms with van der Waals surface area (Å²) in [5.74, 6) is 0.180. The zero-order valence-corrected chi connectivity index (χ0v) is 20.8. The largest absolute Gasteiger partial charge is 0.417 e. The first-order chi connectivity index (χ1) is 18.0. The summed E-state index contributed by atoms with van der Waals surface area (Å²) in [4.78, 5) is 26.1. The van der Waals surface area contributed by atoms with E-state index in [0.717, 1.165) is 12.1 Å². The van der Waals surface area contributed by atoms with E-state index in [1.54, 1.807) is 7.05 Å². The molecule has 1 aliphatic rings. The maximum Gasteiger partial charge on any atom is 0.417 e. The Hall–Kier alpha value is -3.24. The molecule has 3 heterocycles. The van der Waals surface area contributed by atoms with Gasteiger partial charge in [-0.15, -0.1) is 0 Å². The number of rotatable bonds is 8. The van der Waals surface area contributed by atoms with Gasteiger partial charge < -0.3 is 36.2 Å². The van der Waals surface area contributed by atoms with Gasteiger partial charge in [-0.05, 0) is 38.2 Å². The fraction of sp³-hybridized carbons (Fsp3) is 0.455. The first kappa shape index (κ1) is 27.8. The number of aliphatic hydroxyl groups is 2. The number of nitrogen functional groups attached to an aromatic ring is 1. The van der Waals surface area contributed by atoms with Crippen molar-refractivity contribution in [2.24, 2.45) is 0 Å². The Morgan fingerprint density at radius 3 is 2.76 bits per heavy atom. The number of urea groups is 1. The molecular formula is C22H26ClF3N8O4. The Morgan fingerprint density at radius 1 is 1.26 bits per heavy atom. The highest BCUT2D eigenvalue weighted by Gasteiger charge is 2.44. The highest BCUT2D eigenvalue weighted by atomic mass is 35.5. The van der Waals surface area contributed by atoms with Crippen molar-refractivity contribution >= 4 is 40.3 Å². The van der Waals surface area contributed by atoms with E-state index in [0.29, 0.717) is 24.1 Å². The molecule has 0 bridgehead atoms. The molecule has 3 aromatic rings. The van der Waals surface area contributed by atoms with Crippen LogP contribution < -0.4 is 16.4 Å². The number of aliphatic hydroxyl groups excluding tert-OH is 2. The van der Waals surface area contributed by atoms with Gasteiger partial charge in [-0.3, -0.25) is 4.57 Å². The molecule has 2 amide bonds. The Morgan fingerprint density at radius 2 is 2.03 bits per heavy atom. The zero-order chi connectivity index (χ0) is 27.6. The summed E-state index contributed by atoms with van der Waals surface area (Å²) < 4.78 is 46.3. The van der Waals surface area contributed by atoms with Crippen LogP contribution in [0.3, 0.4) is 0 Å². The molecule has 0 saturated carbocycles. The van der Waals surface area contributed by atoms with Crippen LogP contribution in [0.5, 0.6) is 0 Å². The summed E-state index contributed by atoms with van der Waals surface area (Å²) in [6, 6.07) is 2.43. The van der Waals surface area contributed by atoms with Crippen molar-refractivity contribution in [3.8, 4) is 0 Å². The number of hydrogen-bond donors (Lipinski definition) is 5. The molecule has 1 fully saturated rings. The molecule has 0 aliphatic carbocycles. The van der Waals surface area contributed by atoms with Crippen LogP contribution in [0.4, 0.5) is 29.5 Å². The topological polar surface area (TPSA) is 164 Å². The highest BCUT2D eigenvalue weighted by Crippen LogP contribution is 2.36. The second-order valence-corrected chi connectivity index (χ2v) is 9.23. The number of aromatic nitrogens is 4. The van der Waals surface area contributed by atoms with Crippen molar-refractivity contribution in [2.45, 2.75) is 37.1 Å². The average Bonchev–Trinajstić information content (AvgIpc) is 3.40. The number of nitrogens with zero attached hydrogens (tertiary/aromatic N) is 5. The molecule has 1 aliphatic heterocycles. The third-order valence-electron chi connectivity index (χ3n) is 6.02. The summed E-state index contributed by atoms with van der Waals surface area (Å²) in [5.41, 5.74) is 5.43. The average molecular weight is 559 g/mol. The summed E-state index contributed by atoms with van der Waals surface area (Å²) in [6.45, 7) is 0.998. The third-order valence-corrected chi connectivity index (χ3v) is 6.35. The number of amides is 2. The molecule has 16 heteroatoms.